The molecule has 0 saturated heterocycles. The molecule has 1 N–H and O–H groups in total. The number of anilines is 1. The number of nitrogens with zero attached hydrogens (tertiary/aromatic N) is 2. The lowest BCUT2D eigenvalue weighted by molar-refractivity contribution is -0.0728. The van der Waals surface area contributed by atoms with Crippen molar-refractivity contribution in [3.63, 3.8) is 0 Å². The summed E-state index contributed by atoms with van der Waals surface area (Å²) in [5, 5.41) is 3.08. The summed E-state index contributed by atoms with van der Waals surface area (Å²) in [5.41, 5.74) is 0.0606. The van der Waals surface area contributed by atoms with Gasteiger partial charge < -0.3 is 10.1 Å². The van der Waals surface area contributed by atoms with Gasteiger partial charge in [-0.25, -0.2) is 9.97 Å². The molecule has 1 aromatic heterocycles. The molecule has 4 nitrogen and oxygen atoms in total. The number of nitrogens with one attached hydrogen (secondary N) is 1. The van der Waals surface area contributed by atoms with Crippen LogP contribution < -0.4 is 5.32 Å². The first kappa shape index (κ1) is 14.7. The van der Waals surface area contributed by atoms with Gasteiger partial charge in [0.05, 0.1) is 4.47 Å². The first-order chi connectivity index (χ1) is 8.92. The highest BCUT2D eigenvalue weighted by atomic mass is 79.9. The van der Waals surface area contributed by atoms with Gasteiger partial charge in [0, 0.05) is 20.4 Å². The lowest BCUT2D eigenvalue weighted by Gasteiger charge is -2.41. The van der Waals surface area contributed by atoms with Gasteiger partial charge in [0.25, 0.3) is 0 Å². The highest BCUT2D eigenvalue weighted by Crippen LogP contribution is 2.46. The summed E-state index contributed by atoms with van der Waals surface area (Å²) in [6, 6.07) is 0. The molecule has 1 heterocycles. The number of ether oxygens (including phenoxy) is 1. The van der Waals surface area contributed by atoms with E-state index >= 15 is 0 Å². The van der Waals surface area contributed by atoms with Gasteiger partial charge in [0.15, 0.2) is 5.82 Å². The number of halogens is 1. The largest absolute Gasteiger partial charge is 0.372 e. The van der Waals surface area contributed by atoms with Crippen molar-refractivity contribution in [2.45, 2.75) is 45.1 Å². The van der Waals surface area contributed by atoms with Crippen molar-refractivity contribution in [3.8, 4) is 0 Å². The van der Waals surface area contributed by atoms with E-state index in [1.54, 1.807) is 13.3 Å². The minimum absolute atomic E-state index is 0.332. The standard InChI is InChI=1S/C14H22BrN3O/c1-13(2)5-7-14(19-4,8-6-13)12-17-9-10(15)11(16-3)18-12/h9H,5-8H2,1-4H3,(H,16,17,18). The van der Waals surface area contributed by atoms with Crippen LogP contribution in [-0.4, -0.2) is 24.1 Å². The molecule has 0 radical (unpaired) electrons. The third kappa shape index (κ3) is 2.92. The lowest BCUT2D eigenvalue weighted by atomic mass is 9.70. The van der Waals surface area contributed by atoms with Gasteiger partial charge in [-0.05, 0) is 47.0 Å². The second kappa shape index (κ2) is 5.37. The molecule has 1 fully saturated rings. The number of methoxy groups -OCH3 is 1. The Bertz CT molecular complexity index is 452. The van der Waals surface area contributed by atoms with E-state index in [4.69, 9.17) is 4.74 Å². The molecule has 0 aliphatic heterocycles. The van der Waals surface area contributed by atoms with Crippen LogP contribution in [0.1, 0.15) is 45.4 Å². The van der Waals surface area contributed by atoms with Gasteiger partial charge in [-0.3, -0.25) is 0 Å². The molecule has 0 amide bonds. The molecule has 19 heavy (non-hydrogen) atoms. The zero-order valence-corrected chi connectivity index (χ0v) is 13.7. The summed E-state index contributed by atoms with van der Waals surface area (Å²) in [6.45, 7) is 4.63. The molecule has 0 unspecified atom stereocenters. The van der Waals surface area contributed by atoms with Crippen LogP contribution in [0.2, 0.25) is 0 Å². The summed E-state index contributed by atoms with van der Waals surface area (Å²) in [6.07, 6.45) is 6.02. The van der Waals surface area contributed by atoms with Crippen LogP contribution in [0.4, 0.5) is 5.82 Å². The summed E-state index contributed by atoms with van der Waals surface area (Å²) < 4.78 is 6.71. The van der Waals surface area contributed by atoms with Crippen LogP contribution in [0, 0.1) is 5.41 Å². The van der Waals surface area contributed by atoms with Crippen LogP contribution in [0.5, 0.6) is 0 Å². The van der Waals surface area contributed by atoms with E-state index < -0.39 is 0 Å². The van der Waals surface area contributed by atoms with Crippen LogP contribution in [0.15, 0.2) is 10.7 Å². The van der Waals surface area contributed by atoms with E-state index in [0.717, 1.165) is 41.8 Å². The molecule has 0 atom stereocenters. The van der Waals surface area contributed by atoms with Gasteiger partial charge in [0.1, 0.15) is 11.4 Å². The van der Waals surface area contributed by atoms with Crippen LogP contribution in [0.3, 0.4) is 0 Å². The van der Waals surface area contributed by atoms with E-state index in [0.29, 0.717) is 5.41 Å². The summed E-state index contributed by atoms with van der Waals surface area (Å²) in [4.78, 5) is 9.09. The molecule has 0 aromatic carbocycles. The number of hydrogen-bond donors (Lipinski definition) is 1. The minimum Gasteiger partial charge on any atom is -0.372 e. The summed E-state index contributed by atoms with van der Waals surface area (Å²) >= 11 is 3.44. The average Bonchev–Trinajstić information content (AvgIpc) is 2.40. The second-order valence-corrected chi connectivity index (χ2v) is 6.86. The van der Waals surface area contributed by atoms with Gasteiger partial charge in [-0.2, -0.15) is 0 Å². The van der Waals surface area contributed by atoms with Crippen molar-refractivity contribution < 1.29 is 4.74 Å². The Morgan fingerprint density at radius 1 is 1.26 bits per heavy atom. The Morgan fingerprint density at radius 3 is 2.42 bits per heavy atom. The number of rotatable bonds is 3. The van der Waals surface area contributed by atoms with E-state index in [2.05, 4.69) is 45.1 Å². The maximum atomic E-state index is 5.83. The first-order valence-electron chi connectivity index (χ1n) is 6.68. The van der Waals surface area contributed by atoms with E-state index in [1.165, 1.54) is 0 Å². The van der Waals surface area contributed by atoms with E-state index in [-0.39, 0.29) is 5.60 Å². The summed E-state index contributed by atoms with van der Waals surface area (Å²) in [5.74, 6) is 1.60. The number of aromatic nitrogens is 2. The fraction of sp³-hybridized carbons (Fsp3) is 0.714. The van der Waals surface area contributed by atoms with Gasteiger partial charge in [-0.15, -0.1) is 0 Å². The van der Waals surface area contributed by atoms with Crippen molar-refractivity contribution in [2.75, 3.05) is 19.5 Å². The van der Waals surface area contributed by atoms with Gasteiger partial charge in [-0.1, -0.05) is 13.8 Å². The molecule has 1 aliphatic rings. The minimum atomic E-state index is -0.332. The summed E-state index contributed by atoms with van der Waals surface area (Å²) in [7, 11) is 3.63. The van der Waals surface area contributed by atoms with Crippen LogP contribution in [0.25, 0.3) is 0 Å². The maximum absolute atomic E-state index is 5.83. The third-order valence-electron chi connectivity index (χ3n) is 4.19. The molecule has 1 aromatic rings. The molecular formula is C14H22BrN3O. The van der Waals surface area contributed by atoms with E-state index in [1.807, 2.05) is 7.05 Å². The van der Waals surface area contributed by atoms with Gasteiger partial charge in [0.2, 0.25) is 0 Å². The van der Waals surface area contributed by atoms with Crippen molar-refractivity contribution in [2.24, 2.45) is 5.41 Å². The molecular weight excluding hydrogens is 306 g/mol. The topological polar surface area (TPSA) is 47.0 Å². The molecule has 1 aliphatic carbocycles. The predicted molar refractivity (Wildman–Crippen MR) is 80.2 cm³/mol. The molecule has 5 heteroatoms. The monoisotopic (exact) mass is 327 g/mol. The van der Waals surface area contributed by atoms with Crippen molar-refractivity contribution in [1.29, 1.82) is 0 Å². The average molecular weight is 328 g/mol. The normalized spacial score (nSPS) is 21.1. The SMILES string of the molecule is CNc1nc(C2(OC)CCC(C)(C)CC2)ncc1Br. The fourth-order valence-corrected chi connectivity index (χ4v) is 3.00. The molecule has 0 spiro atoms. The fourth-order valence-electron chi connectivity index (χ4n) is 2.61. The van der Waals surface area contributed by atoms with Gasteiger partial charge >= 0.3 is 0 Å². The van der Waals surface area contributed by atoms with Crippen LogP contribution in [-0.2, 0) is 10.3 Å². The van der Waals surface area contributed by atoms with Crippen LogP contribution >= 0.6 is 15.9 Å². The molecule has 2 rings (SSSR count). The van der Waals surface area contributed by atoms with Crippen molar-refractivity contribution in [3.05, 3.63) is 16.5 Å². The third-order valence-corrected chi connectivity index (χ3v) is 4.77. The Balaban J connectivity index is 2.32. The van der Waals surface area contributed by atoms with Crippen molar-refractivity contribution >= 4 is 21.7 Å². The quantitative estimate of drug-likeness (QED) is 0.919. The lowest BCUT2D eigenvalue weighted by Crippen LogP contribution is -2.38. The highest BCUT2D eigenvalue weighted by Gasteiger charge is 2.42. The Kier molecular flexibility index (Phi) is 4.16. The zero-order valence-electron chi connectivity index (χ0n) is 12.1. The molecule has 0 bridgehead atoms. The molecule has 106 valence electrons. The number of hydrogen-bond acceptors (Lipinski definition) is 4. The second-order valence-electron chi connectivity index (χ2n) is 6.00. The highest BCUT2D eigenvalue weighted by molar-refractivity contribution is 9.10. The maximum Gasteiger partial charge on any atom is 0.162 e. The Morgan fingerprint density at radius 2 is 1.89 bits per heavy atom. The predicted octanol–water partition coefficient (Wildman–Crippen LogP) is 3.72. The first-order valence-corrected chi connectivity index (χ1v) is 7.48. The molecule has 1 saturated carbocycles. The Hall–Kier alpha value is -0.680. The smallest absolute Gasteiger partial charge is 0.162 e. The van der Waals surface area contributed by atoms with E-state index in [9.17, 15) is 0 Å². The Labute approximate surface area is 123 Å². The van der Waals surface area contributed by atoms with Crippen molar-refractivity contribution in [1.82, 2.24) is 9.97 Å². The zero-order chi connectivity index (χ0) is 14.1.